The normalized spacial score (nSPS) is 12.4. The molecule has 0 unspecified atom stereocenters. The van der Waals surface area contributed by atoms with Crippen molar-refractivity contribution in [3.05, 3.63) is 57.3 Å². The lowest BCUT2D eigenvalue weighted by Crippen LogP contribution is -2.16. The Kier molecular flexibility index (Phi) is 5.36. The fourth-order valence-electron chi connectivity index (χ4n) is 2.82. The molecule has 1 aliphatic heterocycles. The van der Waals surface area contributed by atoms with Crippen molar-refractivity contribution in [1.82, 2.24) is 14.9 Å². The maximum atomic E-state index is 6.16. The first kappa shape index (κ1) is 18.9. The predicted molar refractivity (Wildman–Crippen MR) is 110 cm³/mol. The zero-order valence-corrected chi connectivity index (χ0v) is 17.8. The molecule has 146 valence electrons. The van der Waals surface area contributed by atoms with Gasteiger partial charge in [-0.25, -0.2) is 4.68 Å². The lowest BCUT2D eigenvalue weighted by Gasteiger charge is -2.09. The highest BCUT2D eigenvalue weighted by atomic mass is 79.9. The van der Waals surface area contributed by atoms with Crippen molar-refractivity contribution < 1.29 is 14.2 Å². The molecule has 0 radical (unpaired) electrons. The molecule has 28 heavy (non-hydrogen) atoms. The minimum Gasteiger partial charge on any atom is -0.485 e. The molecular formula is C19H19BrN4O3S. The first-order chi connectivity index (χ1) is 13.5. The standard InChI is InChI=1S/C19H19BrN4O3S/c1-11-3-4-15(12(2)5-11)25-8-18-22-23-19(24(18)21)28-9-13-6-16-17(7-14(13)20)27-10-26-16/h3-7H,8-10,21H2,1-2H3. The van der Waals surface area contributed by atoms with E-state index in [2.05, 4.69) is 39.1 Å². The SMILES string of the molecule is Cc1ccc(OCc2nnc(SCc3cc4c(cc3Br)OCO4)n2N)c(C)c1. The Balaban J connectivity index is 1.41. The number of aromatic nitrogens is 3. The number of nitrogens with two attached hydrogens (primary N) is 1. The molecule has 0 spiro atoms. The molecular weight excluding hydrogens is 444 g/mol. The monoisotopic (exact) mass is 462 g/mol. The van der Waals surface area contributed by atoms with Gasteiger partial charge in [0.05, 0.1) is 0 Å². The van der Waals surface area contributed by atoms with Crippen LogP contribution in [0.15, 0.2) is 40.0 Å². The van der Waals surface area contributed by atoms with Crippen LogP contribution in [0.2, 0.25) is 0 Å². The first-order valence-corrected chi connectivity index (χ1v) is 10.4. The molecule has 0 bridgehead atoms. The van der Waals surface area contributed by atoms with Gasteiger partial charge in [0.2, 0.25) is 11.9 Å². The zero-order chi connectivity index (χ0) is 19.7. The summed E-state index contributed by atoms with van der Waals surface area (Å²) in [5, 5.41) is 8.95. The highest BCUT2D eigenvalue weighted by Gasteiger charge is 2.18. The molecule has 0 amide bonds. The molecule has 0 fully saturated rings. The van der Waals surface area contributed by atoms with E-state index in [0.29, 0.717) is 16.7 Å². The minimum absolute atomic E-state index is 0.249. The van der Waals surface area contributed by atoms with Crippen molar-refractivity contribution in [2.45, 2.75) is 31.4 Å². The summed E-state index contributed by atoms with van der Waals surface area (Å²) in [7, 11) is 0. The summed E-state index contributed by atoms with van der Waals surface area (Å²) in [6, 6.07) is 9.91. The van der Waals surface area contributed by atoms with Crippen molar-refractivity contribution in [1.29, 1.82) is 0 Å². The van der Waals surface area contributed by atoms with Crippen LogP contribution in [0.5, 0.6) is 17.2 Å². The van der Waals surface area contributed by atoms with Crippen LogP contribution in [0.3, 0.4) is 0 Å². The van der Waals surface area contributed by atoms with Gasteiger partial charge in [0.15, 0.2) is 17.3 Å². The Morgan fingerprint density at radius 3 is 2.75 bits per heavy atom. The second-order valence-corrected chi connectivity index (χ2v) is 8.21. The molecule has 1 aromatic heterocycles. The van der Waals surface area contributed by atoms with Crippen LogP contribution in [-0.2, 0) is 12.4 Å². The Morgan fingerprint density at radius 1 is 1.18 bits per heavy atom. The van der Waals surface area contributed by atoms with Crippen molar-refractivity contribution >= 4 is 27.7 Å². The largest absolute Gasteiger partial charge is 0.485 e. The average Bonchev–Trinajstić information content (AvgIpc) is 3.25. The number of rotatable bonds is 6. The number of aryl methyl sites for hydroxylation is 2. The second-order valence-electron chi connectivity index (χ2n) is 6.41. The van der Waals surface area contributed by atoms with Crippen LogP contribution in [0.4, 0.5) is 0 Å². The smallest absolute Gasteiger partial charge is 0.231 e. The quantitative estimate of drug-likeness (QED) is 0.438. The second kappa shape index (κ2) is 7.92. The maximum absolute atomic E-state index is 6.16. The Labute approximate surface area is 175 Å². The molecule has 0 saturated heterocycles. The first-order valence-electron chi connectivity index (χ1n) is 8.61. The van der Waals surface area contributed by atoms with E-state index in [1.54, 1.807) is 0 Å². The molecule has 3 aromatic rings. The Morgan fingerprint density at radius 2 is 1.96 bits per heavy atom. The van der Waals surface area contributed by atoms with E-state index < -0.39 is 0 Å². The van der Waals surface area contributed by atoms with Crippen molar-refractivity contribution in [3.8, 4) is 17.2 Å². The number of fused-ring (bicyclic) bond motifs is 1. The van der Waals surface area contributed by atoms with E-state index in [1.807, 2.05) is 31.2 Å². The number of ether oxygens (including phenoxy) is 3. The molecule has 7 nitrogen and oxygen atoms in total. The van der Waals surface area contributed by atoms with E-state index in [0.717, 1.165) is 32.8 Å². The number of benzene rings is 2. The summed E-state index contributed by atoms with van der Waals surface area (Å²) in [6.45, 7) is 4.57. The van der Waals surface area contributed by atoms with Gasteiger partial charge in [0.25, 0.3) is 0 Å². The van der Waals surface area contributed by atoms with Gasteiger partial charge in [0.1, 0.15) is 12.4 Å². The maximum Gasteiger partial charge on any atom is 0.231 e. The number of hydrogen-bond acceptors (Lipinski definition) is 7. The summed E-state index contributed by atoms with van der Waals surface area (Å²) in [6.07, 6.45) is 0. The third-order valence-electron chi connectivity index (χ3n) is 4.32. The van der Waals surface area contributed by atoms with Gasteiger partial charge in [-0.2, -0.15) is 0 Å². The molecule has 2 heterocycles. The lowest BCUT2D eigenvalue weighted by molar-refractivity contribution is 0.174. The van der Waals surface area contributed by atoms with E-state index >= 15 is 0 Å². The van der Waals surface area contributed by atoms with E-state index in [-0.39, 0.29) is 13.4 Å². The van der Waals surface area contributed by atoms with Crippen molar-refractivity contribution in [2.75, 3.05) is 12.6 Å². The predicted octanol–water partition coefficient (Wildman–Crippen LogP) is 3.97. The van der Waals surface area contributed by atoms with Gasteiger partial charge in [-0.1, -0.05) is 45.4 Å². The number of thioether (sulfide) groups is 1. The van der Waals surface area contributed by atoms with Crippen LogP contribution in [-0.4, -0.2) is 21.7 Å². The van der Waals surface area contributed by atoms with Crippen LogP contribution in [0, 0.1) is 13.8 Å². The van der Waals surface area contributed by atoms with Crippen LogP contribution in [0.25, 0.3) is 0 Å². The third kappa shape index (κ3) is 3.90. The Hall–Kier alpha value is -2.39. The van der Waals surface area contributed by atoms with Crippen LogP contribution < -0.4 is 20.1 Å². The third-order valence-corrected chi connectivity index (χ3v) is 6.05. The highest BCUT2D eigenvalue weighted by molar-refractivity contribution is 9.10. The number of halogens is 1. The molecule has 2 N–H and O–H groups in total. The van der Waals surface area contributed by atoms with Gasteiger partial charge in [0, 0.05) is 10.2 Å². The molecule has 1 aliphatic rings. The zero-order valence-electron chi connectivity index (χ0n) is 15.4. The minimum atomic E-state index is 0.249. The van der Waals surface area contributed by atoms with E-state index in [4.69, 9.17) is 20.1 Å². The van der Waals surface area contributed by atoms with E-state index in [1.165, 1.54) is 22.0 Å². The van der Waals surface area contributed by atoms with Crippen molar-refractivity contribution in [2.24, 2.45) is 0 Å². The number of nitrogen functional groups attached to an aromatic ring is 1. The molecule has 0 saturated carbocycles. The summed E-state index contributed by atoms with van der Waals surface area (Å²) in [5.74, 6) is 9.68. The van der Waals surface area contributed by atoms with E-state index in [9.17, 15) is 0 Å². The summed E-state index contributed by atoms with van der Waals surface area (Å²) in [4.78, 5) is 0. The number of nitrogens with zero attached hydrogens (tertiary/aromatic N) is 3. The van der Waals surface area contributed by atoms with Gasteiger partial charge in [-0.3, -0.25) is 0 Å². The Bertz CT molecular complexity index is 1020. The van der Waals surface area contributed by atoms with Gasteiger partial charge in [-0.15, -0.1) is 10.2 Å². The summed E-state index contributed by atoms with van der Waals surface area (Å²) in [5.41, 5.74) is 3.33. The molecule has 0 atom stereocenters. The molecule has 2 aromatic carbocycles. The fraction of sp³-hybridized carbons (Fsp3) is 0.263. The lowest BCUT2D eigenvalue weighted by atomic mass is 10.1. The van der Waals surface area contributed by atoms with Gasteiger partial charge < -0.3 is 20.1 Å². The van der Waals surface area contributed by atoms with Crippen LogP contribution in [0.1, 0.15) is 22.5 Å². The molecule has 4 rings (SSSR count). The summed E-state index contributed by atoms with van der Waals surface area (Å²) >= 11 is 5.06. The fourth-order valence-corrected chi connectivity index (χ4v) is 4.33. The average molecular weight is 463 g/mol. The van der Waals surface area contributed by atoms with Gasteiger partial charge in [-0.05, 0) is 43.2 Å². The summed E-state index contributed by atoms with van der Waals surface area (Å²) < 4.78 is 19.1. The van der Waals surface area contributed by atoms with Crippen molar-refractivity contribution in [3.63, 3.8) is 0 Å². The molecule has 9 heteroatoms. The van der Waals surface area contributed by atoms with Gasteiger partial charge >= 0.3 is 0 Å². The molecule has 0 aliphatic carbocycles. The highest BCUT2D eigenvalue weighted by Crippen LogP contribution is 2.38. The number of hydrogen-bond donors (Lipinski definition) is 1. The topological polar surface area (TPSA) is 84.4 Å². The van der Waals surface area contributed by atoms with Crippen LogP contribution >= 0.6 is 27.7 Å².